The lowest BCUT2D eigenvalue weighted by Gasteiger charge is -2.30. The summed E-state index contributed by atoms with van der Waals surface area (Å²) in [6.45, 7) is 4.32. The number of alkyl halides is 3. The number of allylic oxidation sites excluding steroid dienone is 3. The fraction of sp³-hybridized carbons (Fsp3) is 0.625. The number of halogens is 3. The van der Waals surface area contributed by atoms with Crippen molar-refractivity contribution in [2.75, 3.05) is 45.3 Å². The van der Waals surface area contributed by atoms with Crippen molar-refractivity contribution >= 4 is 17.4 Å². The molecule has 3 aliphatic heterocycles. The van der Waals surface area contributed by atoms with Crippen molar-refractivity contribution in [1.29, 1.82) is 0 Å². The predicted molar refractivity (Wildman–Crippen MR) is 125 cm³/mol. The Hall–Kier alpha value is -2.82. The van der Waals surface area contributed by atoms with Gasteiger partial charge < -0.3 is 14.5 Å². The van der Waals surface area contributed by atoms with Gasteiger partial charge in [-0.15, -0.1) is 0 Å². The van der Waals surface area contributed by atoms with Crippen molar-refractivity contribution in [3.63, 3.8) is 0 Å². The molecule has 5 rings (SSSR count). The van der Waals surface area contributed by atoms with Gasteiger partial charge in [0, 0.05) is 70.0 Å². The highest BCUT2D eigenvalue weighted by atomic mass is 19.4. The van der Waals surface area contributed by atoms with Crippen molar-refractivity contribution in [2.24, 2.45) is 16.9 Å². The summed E-state index contributed by atoms with van der Waals surface area (Å²) in [7, 11) is 3.50. The molecule has 1 aliphatic carbocycles. The number of rotatable bonds is 4. The third kappa shape index (κ3) is 4.46. The molecule has 8 nitrogen and oxygen atoms in total. The smallest absolute Gasteiger partial charge is 0.379 e. The molecule has 3 atom stereocenters. The SMILES string of the molecule is CC(=O)N1CCc2c(c(N(C)C3=CCC(C4CN(C)N=C4C(F)(F)F)C=C3)nn2C2CCOC2)C1. The van der Waals surface area contributed by atoms with Crippen LogP contribution in [-0.2, 0) is 22.5 Å². The van der Waals surface area contributed by atoms with Crippen molar-refractivity contribution < 1.29 is 22.7 Å². The minimum absolute atomic E-state index is 0.0319. The zero-order valence-electron chi connectivity index (χ0n) is 20.3. The maximum Gasteiger partial charge on any atom is 0.431 e. The number of amides is 1. The zero-order chi connectivity index (χ0) is 24.9. The van der Waals surface area contributed by atoms with Crippen LogP contribution in [0.5, 0.6) is 0 Å². The van der Waals surface area contributed by atoms with E-state index in [1.54, 1.807) is 14.0 Å². The lowest BCUT2D eigenvalue weighted by Crippen LogP contribution is -2.35. The molecule has 4 heterocycles. The van der Waals surface area contributed by atoms with Gasteiger partial charge in [0.05, 0.1) is 19.2 Å². The van der Waals surface area contributed by atoms with Crippen molar-refractivity contribution in [3.05, 3.63) is 35.2 Å². The Morgan fingerprint density at radius 2 is 2.11 bits per heavy atom. The second-order valence-corrected chi connectivity index (χ2v) is 9.78. The van der Waals surface area contributed by atoms with Gasteiger partial charge in [0.2, 0.25) is 5.91 Å². The largest absolute Gasteiger partial charge is 0.431 e. The normalized spacial score (nSPS) is 26.6. The highest BCUT2D eigenvalue weighted by Gasteiger charge is 2.47. The topological polar surface area (TPSA) is 66.2 Å². The van der Waals surface area contributed by atoms with E-state index in [1.807, 2.05) is 35.1 Å². The Morgan fingerprint density at radius 3 is 2.74 bits per heavy atom. The fourth-order valence-electron chi connectivity index (χ4n) is 5.55. The summed E-state index contributed by atoms with van der Waals surface area (Å²) < 4.78 is 48.1. The van der Waals surface area contributed by atoms with Crippen LogP contribution in [0.2, 0.25) is 0 Å². The van der Waals surface area contributed by atoms with E-state index in [0.29, 0.717) is 32.7 Å². The lowest BCUT2D eigenvalue weighted by atomic mass is 9.83. The van der Waals surface area contributed by atoms with Crippen LogP contribution in [0.1, 0.15) is 37.1 Å². The minimum atomic E-state index is -4.43. The van der Waals surface area contributed by atoms with Gasteiger partial charge in [-0.3, -0.25) is 14.5 Å². The number of ether oxygens (including phenoxy) is 1. The number of nitrogens with zero attached hydrogens (tertiary/aromatic N) is 6. The fourth-order valence-corrected chi connectivity index (χ4v) is 5.55. The average molecular weight is 493 g/mol. The molecule has 1 fully saturated rings. The molecule has 0 N–H and O–H groups in total. The molecule has 35 heavy (non-hydrogen) atoms. The number of fused-ring (bicyclic) bond motifs is 1. The van der Waals surface area contributed by atoms with E-state index in [2.05, 4.69) is 9.78 Å². The molecule has 0 radical (unpaired) electrons. The summed E-state index contributed by atoms with van der Waals surface area (Å²) in [5.41, 5.74) is 2.35. The first kappa shape index (κ1) is 23.9. The monoisotopic (exact) mass is 492 g/mol. The van der Waals surface area contributed by atoms with Gasteiger partial charge in [0.25, 0.3) is 0 Å². The minimum Gasteiger partial charge on any atom is -0.379 e. The number of anilines is 1. The molecular weight excluding hydrogens is 461 g/mol. The third-order valence-corrected chi connectivity index (χ3v) is 7.48. The Kier molecular flexibility index (Phi) is 6.14. The van der Waals surface area contributed by atoms with Gasteiger partial charge in [-0.1, -0.05) is 12.2 Å². The zero-order valence-corrected chi connectivity index (χ0v) is 20.3. The first-order valence-electron chi connectivity index (χ1n) is 12.1. The van der Waals surface area contributed by atoms with Crippen LogP contribution in [-0.4, -0.2) is 77.9 Å². The molecular formula is C24H31F3N6O2. The number of carbonyl (C=O) groups is 1. The molecule has 1 amide bonds. The van der Waals surface area contributed by atoms with Crippen LogP contribution < -0.4 is 4.90 Å². The van der Waals surface area contributed by atoms with Crippen molar-refractivity contribution in [3.8, 4) is 0 Å². The summed E-state index contributed by atoms with van der Waals surface area (Å²) in [4.78, 5) is 15.9. The summed E-state index contributed by atoms with van der Waals surface area (Å²) in [5.74, 6) is -0.138. The van der Waals surface area contributed by atoms with Gasteiger partial charge >= 0.3 is 6.18 Å². The van der Waals surface area contributed by atoms with Gasteiger partial charge in [-0.05, 0) is 24.8 Å². The number of hydrogen-bond donors (Lipinski definition) is 0. The number of hydrazone groups is 1. The molecule has 11 heteroatoms. The van der Waals surface area contributed by atoms with Crippen LogP contribution in [0, 0.1) is 11.8 Å². The summed E-state index contributed by atoms with van der Waals surface area (Å²) in [6.07, 6.45) is 3.43. The number of carbonyl (C=O) groups excluding carboxylic acids is 1. The molecule has 1 aromatic rings. The highest BCUT2D eigenvalue weighted by molar-refractivity contribution is 5.93. The molecule has 3 unspecified atom stereocenters. The van der Waals surface area contributed by atoms with Gasteiger partial charge in [-0.2, -0.15) is 23.4 Å². The van der Waals surface area contributed by atoms with Crippen LogP contribution in [0.4, 0.5) is 19.0 Å². The van der Waals surface area contributed by atoms with E-state index in [1.165, 1.54) is 5.01 Å². The highest BCUT2D eigenvalue weighted by Crippen LogP contribution is 2.38. The third-order valence-electron chi connectivity index (χ3n) is 7.48. The van der Waals surface area contributed by atoms with E-state index in [0.717, 1.165) is 35.6 Å². The molecule has 190 valence electrons. The van der Waals surface area contributed by atoms with E-state index in [-0.39, 0.29) is 24.4 Å². The van der Waals surface area contributed by atoms with E-state index in [9.17, 15) is 18.0 Å². The Bertz CT molecular complexity index is 1090. The maximum atomic E-state index is 13.5. The van der Waals surface area contributed by atoms with Crippen LogP contribution >= 0.6 is 0 Å². The first-order chi connectivity index (χ1) is 16.6. The molecule has 0 saturated carbocycles. The van der Waals surface area contributed by atoms with Crippen molar-refractivity contribution in [1.82, 2.24) is 19.7 Å². The average Bonchev–Trinajstić information content (AvgIpc) is 3.56. The van der Waals surface area contributed by atoms with E-state index < -0.39 is 17.8 Å². The Balaban J connectivity index is 1.39. The molecule has 1 aromatic heterocycles. The van der Waals surface area contributed by atoms with Gasteiger partial charge in [0.1, 0.15) is 5.71 Å². The van der Waals surface area contributed by atoms with E-state index >= 15 is 0 Å². The number of likely N-dealkylation sites (N-methyl/N-ethyl adjacent to an activating group) is 1. The van der Waals surface area contributed by atoms with Gasteiger partial charge in [-0.25, -0.2) is 0 Å². The molecule has 4 aliphatic rings. The summed E-state index contributed by atoms with van der Waals surface area (Å²) in [6, 6.07) is 0.175. The Labute approximate surface area is 202 Å². The first-order valence-corrected chi connectivity index (χ1v) is 12.1. The van der Waals surface area contributed by atoms with Gasteiger partial charge in [0.15, 0.2) is 5.82 Å². The summed E-state index contributed by atoms with van der Waals surface area (Å²) >= 11 is 0. The quantitative estimate of drug-likeness (QED) is 0.646. The molecule has 0 spiro atoms. The Morgan fingerprint density at radius 1 is 1.31 bits per heavy atom. The van der Waals surface area contributed by atoms with Crippen molar-refractivity contribution in [2.45, 2.75) is 44.9 Å². The maximum absolute atomic E-state index is 13.5. The molecule has 0 bridgehead atoms. The molecule has 1 saturated heterocycles. The summed E-state index contributed by atoms with van der Waals surface area (Å²) in [5, 5.41) is 10.1. The van der Waals surface area contributed by atoms with E-state index in [4.69, 9.17) is 9.84 Å². The lowest BCUT2D eigenvalue weighted by molar-refractivity contribution is -0.129. The number of hydrogen-bond acceptors (Lipinski definition) is 6. The standard InChI is InChI=1S/C24H31F3N6O2/c1-15(34)32-10-8-21-20(13-32)23(29-33(21)18-9-11-35-14-18)31(3)17-6-4-16(5-7-17)19-12-30(2)28-22(19)24(25,26)27/h4,6-7,16,18-19H,5,8-14H2,1-3H3. The van der Waals surface area contributed by atoms with Crippen LogP contribution in [0.3, 0.4) is 0 Å². The second-order valence-electron chi connectivity index (χ2n) is 9.78. The number of aromatic nitrogens is 2. The van der Waals surface area contributed by atoms with Crippen LogP contribution in [0.15, 0.2) is 29.0 Å². The molecule has 0 aromatic carbocycles. The predicted octanol–water partition coefficient (Wildman–Crippen LogP) is 3.13. The van der Waals surface area contributed by atoms with Crippen LogP contribution in [0.25, 0.3) is 0 Å². The second kappa shape index (κ2) is 9.00.